The SMILES string of the molecule is Cc1ccc(CC(=O)NC(C)(C)C(C)(C)C(=O)O)cc1C. The van der Waals surface area contributed by atoms with Gasteiger partial charge in [-0.1, -0.05) is 18.2 Å². The molecule has 2 N–H and O–H groups in total. The Hall–Kier alpha value is -1.84. The third kappa shape index (κ3) is 3.84. The minimum Gasteiger partial charge on any atom is -0.481 e. The van der Waals surface area contributed by atoms with Gasteiger partial charge in [-0.2, -0.15) is 0 Å². The van der Waals surface area contributed by atoms with Crippen LogP contribution in [0.15, 0.2) is 18.2 Å². The molecule has 0 bridgehead atoms. The highest BCUT2D eigenvalue weighted by molar-refractivity contribution is 5.82. The summed E-state index contributed by atoms with van der Waals surface area (Å²) >= 11 is 0. The third-order valence-electron chi connectivity index (χ3n) is 4.49. The molecule has 4 heteroatoms. The van der Waals surface area contributed by atoms with Gasteiger partial charge in [0.25, 0.3) is 0 Å². The van der Waals surface area contributed by atoms with Crippen LogP contribution < -0.4 is 5.32 Å². The fraction of sp³-hybridized carbons (Fsp3) is 0.529. The lowest BCUT2D eigenvalue weighted by Crippen LogP contribution is -2.57. The number of aliphatic carboxylic acids is 1. The number of carbonyl (C=O) groups excluding carboxylic acids is 1. The molecule has 1 aromatic carbocycles. The summed E-state index contributed by atoms with van der Waals surface area (Å²) in [4.78, 5) is 23.5. The molecule has 0 radical (unpaired) electrons. The molecule has 0 atom stereocenters. The molecule has 0 heterocycles. The summed E-state index contributed by atoms with van der Waals surface area (Å²) in [7, 11) is 0. The van der Waals surface area contributed by atoms with Crippen LogP contribution >= 0.6 is 0 Å². The van der Waals surface area contributed by atoms with Gasteiger partial charge in [-0.25, -0.2) is 0 Å². The Morgan fingerprint density at radius 3 is 2.14 bits per heavy atom. The number of hydrogen-bond acceptors (Lipinski definition) is 2. The highest BCUT2D eigenvalue weighted by Crippen LogP contribution is 2.30. The van der Waals surface area contributed by atoms with Crippen molar-refractivity contribution in [1.29, 1.82) is 0 Å². The molecule has 21 heavy (non-hydrogen) atoms. The molecule has 0 fully saturated rings. The predicted molar refractivity (Wildman–Crippen MR) is 83.3 cm³/mol. The number of benzene rings is 1. The van der Waals surface area contributed by atoms with Crippen LogP contribution in [0.3, 0.4) is 0 Å². The standard InChI is InChI=1S/C17H25NO3/c1-11-7-8-13(9-12(11)2)10-14(19)18-17(5,6)16(3,4)15(20)21/h7-9H,10H2,1-6H3,(H,18,19)(H,20,21). The third-order valence-corrected chi connectivity index (χ3v) is 4.49. The summed E-state index contributed by atoms with van der Waals surface area (Å²) in [5.41, 5.74) is 1.37. The van der Waals surface area contributed by atoms with E-state index in [0.717, 1.165) is 11.1 Å². The van der Waals surface area contributed by atoms with Gasteiger partial charge in [0, 0.05) is 5.54 Å². The van der Waals surface area contributed by atoms with Gasteiger partial charge < -0.3 is 10.4 Å². The predicted octanol–water partition coefficient (Wildman–Crippen LogP) is 2.85. The van der Waals surface area contributed by atoms with Gasteiger partial charge in [0.2, 0.25) is 5.91 Å². The number of carbonyl (C=O) groups is 2. The van der Waals surface area contributed by atoms with Gasteiger partial charge in [0.05, 0.1) is 11.8 Å². The molecule has 0 aliphatic heterocycles. The van der Waals surface area contributed by atoms with E-state index in [-0.39, 0.29) is 12.3 Å². The Morgan fingerprint density at radius 1 is 1.10 bits per heavy atom. The summed E-state index contributed by atoms with van der Waals surface area (Å²) in [5, 5.41) is 12.1. The van der Waals surface area contributed by atoms with Crippen molar-refractivity contribution in [2.24, 2.45) is 5.41 Å². The highest BCUT2D eigenvalue weighted by atomic mass is 16.4. The molecular formula is C17H25NO3. The Balaban J connectivity index is 2.81. The summed E-state index contributed by atoms with van der Waals surface area (Å²) < 4.78 is 0. The molecule has 0 aromatic heterocycles. The van der Waals surface area contributed by atoms with Crippen LogP contribution in [0.25, 0.3) is 0 Å². The maximum Gasteiger partial charge on any atom is 0.311 e. The van der Waals surface area contributed by atoms with E-state index in [0.29, 0.717) is 0 Å². The van der Waals surface area contributed by atoms with Crippen LogP contribution in [-0.2, 0) is 16.0 Å². The van der Waals surface area contributed by atoms with E-state index in [4.69, 9.17) is 0 Å². The lowest BCUT2D eigenvalue weighted by atomic mass is 9.74. The van der Waals surface area contributed by atoms with Crippen LogP contribution in [-0.4, -0.2) is 22.5 Å². The van der Waals surface area contributed by atoms with E-state index in [1.165, 1.54) is 5.56 Å². The van der Waals surface area contributed by atoms with E-state index in [1.54, 1.807) is 27.7 Å². The monoisotopic (exact) mass is 291 g/mol. The van der Waals surface area contributed by atoms with Crippen molar-refractivity contribution in [3.8, 4) is 0 Å². The summed E-state index contributed by atoms with van der Waals surface area (Å²) in [6.45, 7) is 10.7. The molecule has 0 spiro atoms. The summed E-state index contributed by atoms with van der Waals surface area (Å²) in [6, 6.07) is 5.91. The van der Waals surface area contributed by atoms with Crippen molar-refractivity contribution in [2.45, 2.75) is 53.5 Å². The molecular weight excluding hydrogens is 266 g/mol. The second-order valence-electron chi connectivity index (χ2n) is 6.70. The first-order valence-electron chi connectivity index (χ1n) is 7.08. The number of amides is 1. The van der Waals surface area contributed by atoms with Gasteiger partial charge >= 0.3 is 5.97 Å². The molecule has 4 nitrogen and oxygen atoms in total. The first-order valence-corrected chi connectivity index (χ1v) is 7.08. The normalized spacial score (nSPS) is 12.1. The summed E-state index contributed by atoms with van der Waals surface area (Å²) in [5.74, 6) is -1.10. The quantitative estimate of drug-likeness (QED) is 0.876. The fourth-order valence-electron chi connectivity index (χ4n) is 1.92. The first kappa shape index (κ1) is 17.2. The van der Waals surface area contributed by atoms with E-state index < -0.39 is 16.9 Å². The molecule has 116 valence electrons. The van der Waals surface area contributed by atoms with Gasteiger partial charge in [-0.15, -0.1) is 0 Å². The van der Waals surface area contributed by atoms with Crippen LogP contribution in [0.1, 0.15) is 44.4 Å². The molecule has 0 unspecified atom stereocenters. The Bertz CT molecular complexity index is 559. The van der Waals surface area contributed by atoms with E-state index >= 15 is 0 Å². The van der Waals surface area contributed by atoms with E-state index in [2.05, 4.69) is 5.32 Å². The van der Waals surface area contributed by atoms with Gasteiger partial charge in [0.15, 0.2) is 0 Å². The van der Waals surface area contributed by atoms with Crippen LogP contribution in [0.4, 0.5) is 0 Å². The van der Waals surface area contributed by atoms with Crippen molar-refractivity contribution >= 4 is 11.9 Å². The Labute approximate surface area is 126 Å². The zero-order valence-electron chi connectivity index (χ0n) is 13.7. The molecule has 1 aromatic rings. The van der Waals surface area contributed by atoms with Crippen molar-refractivity contribution in [3.05, 3.63) is 34.9 Å². The van der Waals surface area contributed by atoms with Crippen molar-refractivity contribution in [1.82, 2.24) is 5.32 Å². The lowest BCUT2D eigenvalue weighted by Gasteiger charge is -2.38. The number of aryl methyl sites for hydroxylation is 2. The average Bonchev–Trinajstić information content (AvgIpc) is 2.32. The van der Waals surface area contributed by atoms with Crippen molar-refractivity contribution in [2.75, 3.05) is 0 Å². The maximum atomic E-state index is 12.2. The Morgan fingerprint density at radius 2 is 1.67 bits per heavy atom. The fourth-order valence-corrected chi connectivity index (χ4v) is 1.92. The number of nitrogens with one attached hydrogen (secondary N) is 1. The molecule has 1 rings (SSSR count). The first-order chi connectivity index (χ1) is 9.47. The minimum absolute atomic E-state index is 0.169. The molecule has 0 aliphatic carbocycles. The van der Waals surface area contributed by atoms with E-state index in [9.17, 15) is 14.7 Å². The van der Waals surface area contributed by atoms with Gasteiger partial charge in [-0.05, 0) is 58.2 Å². The molecule has 0 aliphatic rings. The topological polar surface area (TPSA) is 66.4 Å². The highest BCUT2D eigenvalue weighted by Gasteiger charge is 2.44. The largest absolute Gasteiger partial charge is 0.481 e. The second kappa shape index (κ2) is 5.88. The smallest absolute Gasteiger partial charge is 0.311 e. The summed E-state index contributed by atoms with van der Waals surface area (Å²) in [6.07, 6.45) is 0.250. The Kier molecular flexibility index (Phi) is 4.82. The molecule has 1 amide bonds. The molecule has 0 saturated heterocycles. The number of carboxylic acid groups (broad SMARTS) is 1. The number of hydrogen-bond donors (Lipinski definition) is 2. The van der Waals surface area contributed by atoms with E-state index in [1.807, 2.05) is 32.0 Å². The lowest BCUT2D eigenvalue weighted by molar-refractivity contribution is -0.151. The van der Waals surface area contributed by atoms with Gasteiger partial charge in [-0.3, -0.25) is 9.59 Å². The minimum atomic E-state index is -1.05. The van der Waals surface area contributed by atoms with Crippen LogP contribution in [0.2, 0.25) is 0 Å². The average molecular weight is 291 g/mol. The van der Waals surface area contributed by atoms with Gasteiger partial charge in [0.1, 0.15) is 0 Å². The van der Waals surface area contributed by atoms with Crippen LogP contribution in [0.5, 0.6) is 0 Å². The number of rotatable bonds is 5. The second-order valence-corrected chi connectivity index (χ2v) is 6.70. The van der Waals surface area contributed by atoms with Crippen molar-refractivity contribution in [3.63, 3.8) is 0 Å². The zero-order chi connectivity index (χ0) is 16.4. The van der Waals surface area contributed by atoms with Crippen LogP contribution in [0, 0.1) is 19.3 Å². The molecule has 0 saturated carbocycles. The maximum absolute atomic E-state index is 12.2. The number of carboxylic acids is 1. The zero-order valence-corrected chi connectivity index (χ0v) is 13.7. The van der Waals surface area contributed by atoms with Crippen molar-refractivity contribution < 1.29 is 14.7 Å².